The molecule has 1 saturated heterocycles. The number of piperidine rings is 1. The van der Waals surface area contributed by atoms with E-state index in [0.717, 1.165) is 48.0 Å². The van der Waals surface area contributed by atoms with E-state index < -0.39 is 11.3 Å². The molecule has 3 aliphatic rings. The number of hydrogen-bond acceptors (Lipinski definition) is 6. The fourth-order valence-electron chi connectivity index (χ4n) is 4.82. The predicted octanol–water partition coefficient (Wildman–Crippen LogP) is 4.12. The Morgan fingerprint density at radius 1 is 1.03 bits per heavy atom. The van der Waals surface area contributed by atoms with Gasteiger partial charge in [0.15, 0.2) is 0 Å². The van der Waals surface area contributed by atoms with Crippen LogP contribution in [0.15, 0.2) is 71.9 Å². The number of anilines is 2. The molecule has 6 rings (SSSR count). The van der Waals surface area contributed by atoms with E-state index in [9.17, 15) is 9.59 Å². The molecule has 3 N–H and O–H groups in total. The van der Waals surface area contributed by atoms with Crippen LogP contribution in [0, 0.1) is 0 Å². The Morgan fingerprint density at radius 3 is 2.54 bits per heavy atom. The molecular formula is C26H25N5O3S. The second-order valence-corrected chi connectivity index (χ2v) is 9.92. The summed E-state index contributed by atoms with van der Waals surface area (Å²) in [5, 5.41) is 9.90. The number of thioether (sulfide) groups is 1. The summed E-state index contributed by atoms with van der Waals surface area (Å²) in [6.07, 6.45) is 3.52. The van der Waals surface area contributed by atoms with E-state index in [1.807, 2.05) is 60.7 Å². The first kappa shape index (κ1) is 21.9. The molecule has 0 saturated carbocycles. The van der Waals surface area contributed by atoms with Crippen molar-refractivity contribution in [2.24, 2.45) is 0 Å². The van der Waals surface area contributed by atoms with E-state index in [4.69, 9.17) is 4.74 Å². The van der Waals surface area contributed by atoms with Crippen molar-refractivity contribution in [2.45, 2.75) is 35.2 Å². The van der Waals surface area contributed by atoms with Crippen molar-refractivity contribution in [3.05, 3.63) is 72.4 Å². The molecule has 4 heterocycles. The van der Waals surface area contributed by atoms with Gasteiger partial charge in [-0.25, -0.2) is 9.78 Å². The van der Waals surface area contributed by atoms with Gasteiger partial charge >= 0.3 is 6.03 Å². The molecule has 1 fully saturated rings. The third-order valence-electron chi connectivity index (χ3n) is 6.52. The monoisotopic (exact) mass is 487 g/mol. The molecule has 0 radical (unpaired) electrons. The number of carbonyl (C=O) groups excluding carboxylic acids is 2. The third kappa shape index (κ3) is 4.21. The highest BCUT2D eigenvalue weighted by atomic mass is 32.2. The van der Waals surface area contributed by atoms with Gasteiger partial charge in [0, 0.05) is 17.8 Å². The summed E-state index contributed by atoms with van der Waals surface area (Å²) in [6.45, 7) is 1.80. The summed E-state index contributed by atoms with van der Waals surface area (Å²) >= 11 is 1.42. The van der Waals surface area contributed by atoms with Gasteiger partial charge in [-0.05, 0) is 68.4 Å². The first-order chi connectivity index (χ1) is 17.2. The molecule has 35 heavy (non-hydrogen) atoms. The number of pyridine rings is 1. The zero-order valence-corrected chi connectivity index (χ0v) is 19.8. The molecule has 3 amide bonds. The SMILES string of the molecule is O=C(NC1CCNCC1)C1Sc2nccc3c2C1NC(=O)N3c1ccc(Oc2ccccc2)cc1. The van der Waals surface area contributed by atoms with Crippen LogP contribution in [-0.2, 0) is 4.79 Å². The number of para-hydroxylation sites is 1. The van der Waals surface area contributed by atoms with Crippen molar-refractivity contribution in [1.82, 2.24) is 20.9 Å². The minimum absolute atomic E-state index is 0.0491. The van der Waals surface area contributed by atoms with Gasteiger partial charge in [0.25, 0.3) is 0 Å². The highest BCUT2D eigenvalue weighted by molar-refractivity contribution is 8.01. The standard InChI is InChI=1S/C26H25N5O3S/c32-24(29-16-10-13-27-14-11-16)23-22-21-20(12-15-28-25(21)35-23)31(26(33)30-22)17-6-8-19(9-7-17)34-18-4-2-1-3-5-18/h1-9,12,15-16,22-23,27H,10-11,13-14H2,(H,29,32)(H,30,33). The molecule has 1 aromatic heterocycles. The molecule has 178 valence electrons. The fraction of sp³-hybridized carbons (Fsp3) is 0.269. The maximum atomic E-state index is 13.3. The Labute approximate surface area is 207 Å². The number of hydrogen-bond donors (Lipinski definition) is 3. The van der Waals surface area contributed by atoms with Crippen LogP contribution in [0.4, 0.5) is 16.2 Å². The molecule has 0 aliphatic carbocycles. The highest BCUT2D eigenvalue weighted by Gasteiger charge is 2.46. The van der Waals surface area contributed by atoms with E-state index in [1.165, 1.54) is 11.8 Å². The number of nitrogens with zero attached hydrogens (tertiary/aromatic N) is 2. The van der Waals surface area contributed by atoms with Crippen molar-refractivity contribution in [2.75, 3.05) is 18.0 Å². The molecule has 3 aliphatic heterocycles. The summed E-state index contributed by atoms with van der Waals surface area (Å²) in [4.78, 5) is 32.6. The normalized spacial score (nSPS) is 21.3. The summed E-state index contributed by atoms with van der Waals surface area (Å²) < 4.78 is 5.89. The molecule has 2 atom stereocenters. The Hall–Kier alpha value is -3.56. The van der Waals surface area contributed by atoms with E-state index in [1.54, 1.807) is 11.1 Å². The van der Waals surface area contributed by atoms with Crippen molar-refractivity contribution in [3.63, 3.8) is 0 Å². The minimum atomic E-state index is -0.443. The number of aromatic nitrogens is 1. The first-order valence-electron chi connectivity index (χ1n) is 11.8. The van der Waals surface area contributed by atoms with Gasteiger partial charge in [-0.1, -0.05) is 30.0 Å². The second-order valence-electron chi connectivity index (χ2n) is 8.79. The zero-order chi connectivity index (χ0) is 23.8. The molecular weight excluding hydrogens is 462 g/mol. The molecule has 0 spiro atoms. The van der Waals surface area contributed by atoms with Gasteiger partial charge in [0.1, 0.15) is 21.8 Å². The first-order valence-corrected chi connectivity index (χ1v) is 12.7. The van der Waals surface area contributed by atoms with Crippen LogP contribution in [0.2, 0.25) is 0 Å². The minimum Gasteiger partial charge on any atom is -0.457 e. The Bertz CT molecular complexity index is 1250. The van der Waals surface area contributed by atoms with Crippen molar-refractivity contribution >= 4 is 35.1 Å². The molecule has 3 aromatic rings. The van der Waals surface area contributed by atoms with Crippen molar-refractivity contribution in [3.8, 4) is 11.5 Å². The maximum absolute atomic E-state index is 13.3. The lowest BCUT2D eigenvalue weighted by Crippen LogP contribution is -2.51. The summed E-state index contributed by atoms with van der Waals surface area (Å²) in [6, 6.07) is 18.3. The van der Waals surface area contributed by atoms with Crippen LogP contribution in [0.5, 0.6) is 11.5 Å². The number of carbonyl (C=O) groups is 2. The summed E-state index contributed by atoms with van der Waals surface area (Å²) in [5.74, 6) is 1.38. The number of benzene rings is 2. The van der Waals surface area contributed by atoms with Gasteiger partial charge in [-0.15, -0.1) is 0 Å². The maximum Gasteiger partial charge on any atom is 0.327 e. The van der Waals surface area contributed by atoms with Gasteiger partial charge in [-0.3, -0.25) is 9.69 Å². The van der Waals surface area contributed by atoms with Crippen LogP contribution in [0.3, 0.4) is 0 Å². The zero-order valence-electron chi connectivity index (χ0n) is 18.9. The Balaban J connectivity index is 1.24. The lowest BCUT2D eigenvalue weighted by Gasteiger charge is -2.34. The van der Waals surface area contributed by atoms with Crippen molar-refractivity contribution in [1.29, 1.82) is 0 Å². The van der Waals surface area contributed by atoms with Crippen LogP contribution < -0.4 is 25.6 Å². The molecule has 0 bridgehead atoms. The number of amides is 3. The Kier molecular flexibility index (Phi) is 5.79. The van der Waals surface area contributed by atoms with Crippen LogP contribution >= 0.6 is 11.8 Å². The van der Waals surface area contributed by atoms with Crippen molar-refractivity contribution < 1.29 is 14.3 Å². The molecule has 8 nitrogen and oxygen atoms in total. The van der Waals surface area contributed by atoms with E-state index in [-0.39, 0.29) is 18.0 Å². The number of nitrogens with one attached hydrogen (secondary N) is 3. The van der Waals surface area contributed by atoms with Gasteiger partial charge in [0.05, 0.1) is 17.4 Å². The Morgan fingerprint density at radius 2 is 1.77 bits per heavy atom. The van der Waals surface area contributed by atoms with E-state index in [0.29, 0.717) is 11.4 Å². The highest BCUT2D eigenvalue weighted by Crippen LogP contribution is 2.50. The van der Waals surface area contributed by atoms with Gasteiger partial charge < -0.3 is 20.7 Å². The number of urea groups is 1. The van der Waals surface area contributed by atoms with Gasteiger partial charge in [-0.2, -0.15) is 0 Å². The average molecular weight is 488 g/mol. The van der Waals surface area contributed by atoms with Crippen LogP contribution in [0.1, 0.15) is 24.4 Å². The van der Waals surface area contributed by atoms with Crippen LogP contribution in [-0.4, -0.2) is 41.3 Å². The van der Waals surface area contributed by atoms with Crippen LogP contribution in [0.25, 0.3) is 0 Å². The molecule has 2 aromatic carbocycles. The smallest absolute Gasteiger partial charge is 0.327 e. The second kappa shape index (κ2) is 9.24. The molecule has 2 unspecified atom stereocenters. The van der Waals surface area contributed by atoms with E-state index >= 15 is 0 Å². The fourth-order valence-corrected chi connectivity index (χ4v) is 6.05. The third-order valence-corrected chi connectivity index (χ3v) is 7.81. The summed E-state index contributed by atoms with van der Waals surface area (Å²) in [7, 11) is 0. The lowest BCUT2D eigenvalue weighted by molar-refractivity contribution is -0.121. The quantitative estimate of drug-likeness (QED) is 0.501. The largest absolute Gasteiger partial charge is 0.457 e. The molecule has 9 heteroatoms. The predicted molar refractivity (Wildman–Crippen MR) is 134 cm³/mol. The van der Waals surface area contributed by atoms with E-state index in [2.05, 4.69) is 20.9 Å². The number of rotatable bonds is 5. The lowest BCUT2D eigenvalue weighted by atomic mass is 9.99. The average Bonchev–Trinajstić information content (AvgIpc) is 3.26. The topological polar surface area (TPSA) is 95.6 Å². The number of ether oxygens (including phenoxy) is 1. The summed E-state index contributed by atoms with van der Waals surface area (Å²) in [5.41, 5.74) is 2.36. The van der Waals surface area contributed by atoms with Gasteiger partial charge in [0.2, 0.25) is 5.91 Å².